The van der Waals surface area contributed by atoms with Crippen LogP contribution < -0.4 is 5.32 Å². The molecule has 1 aromatic carbocycles. The number of halogens is 1. The van der Waals surface area contributed by atoms with Crippen LogP contribution in [0.4, 0.5) is 0 Å². The summed E-state index contributed by atoms with van der Waals surface area (Å²) in [7, 11) is 0. The van der Waals surface area contributed by atoms with Crippen molar-refractivity contribution in [2.24, 2.45) is 0 Å². The van der Waals surface area contributed by atoms with Gasteiger partial charge in [0.2, 0.25) is 5.91 Å². The topological polar surface area (TPSA) is 55.1 Å². The van der Waals surface area contributed by atoms with Gasteiger partial charge in [0.1, 0.15) is 0 Å². The predicted octanol–water partition coefficient (Wildman–Crippen LogP) is 4.00. The van der Waals surface area contributed by atoms with Crippen LogP contribution in [0.15, 0.2) is 40.1 Å². The molecule has 0 spiro atoms. The van der Waals surface area contributed by atoms with Crippen molar-refractivity contribution in [2.75, 3.05) is 6.54 Å². The van der Waals surface area contributed by atoms with E-state index in [0.717, 1.165) is 12.0 Å². The Morgan fingerprint density at radius 2 is 2.14 bits per heavy atom. The number of nitrogens with zero attached hydrogens (tertiary/aromatic N) is 1. The molecule has 0 fully saturated rings. The third-order valence-corrected chi connectivity index (χ3v) is 4.02. The SMILES string of the molecule is CCCNC(=O)C(C)Sc1ncc(-c2ccc(Cl)cc2)o1. The fourth-order valence-electron chi connectivity index (χ4n) is 1.66. The van der Waals surface area contributed by atoms with Crippen LogP contribution in [0.1, 0.15) is 20.3 Å². The molecule has 2 rings (SSSR count). The van der Waals surface area contributed by atoms with Crippen LogP contribution in [0.3, 0.4) is 0 Å². The van der Waals surface area contributed by atoms with E-state index in [1.165, 1.54) is 11.8 Å². The summed E-state index contributed by atoms with van der Waals surface area (Å²) in [4.78, 5) is 16.0. The first kappa shape index (κ1) is 15.9. The number of oxazole rings is 1. The zero-order valence-corrected chi connectivity index (χ0v) is 13.5. The monoisotopic (exact) mass is 324 g/mol. The molecule has 2 aromatic rings. The van der Waals surface area contributed by atoms with Gasteiger partial charge in [-0.1, -0.05) is 30.3 Å². The highest BCUT2D eigenvalue weighted by molar-refractivity contribution is 8.00. The lowest BCUT2D eigenvalue weighted by molar-refractivity contribution is -0.120. The zero-order chi connectivity index (χ0) is 15.2. The van der Waals surface area contributed by atoms with Crippen LogP contribution in [-0.2, 0) is 4.79 Å². The van der Waals surface area contributed by atoms with E-state index in [2.05, 4.69) is 10.3 Å². The van der Waals surface area contributed by atoms with Gasteiger partial charge in [0, 0.05) is 17.1 Å². The number of carbonyl (C=O) groups is 1. The van der Waals surface area contributed by atoms with E-state index >= 15 is 0 Å². The van der Waals surface area contributed by atoms with Crippen molar-refractivity contribution in [3.05, 3.63) is 35.5 Å². The molecule has 0 bridgehead atoms. The Labute approximate surface area is 133 Å². The van der Waals surface area contributed by atoms with E-state index in [0.29, 0.717) is 22.6 Å². The van der Waals surface area contributed by atoms with Crippen LogP contribution in [0, 0.1) is 0 Å². The minimum Gasteiger partial charge on any atom is -0.431 e. The van der Waals surface area contributed by atoms with Crippen LogP contribution in [0.25, 0.3) is 11.3 Å². The van der Waals surface area contributed by atoms with Gasteiger partial charge in [-0.25, -0.2) is 4.98 Å². The highest BCUT2D eigenvalue weighted by atomic mass is 35.5. The molecule has 0 saturated heterocycles. The van der Waals surface area contributed by atoms with Gasteiger partial charge in [-0.2, -0.15) is 0 Å². The van der Waals surface area contributed by atoms with E-state index in [4.69, 9.17) is 16.0 Å². The van der Waals surface area contributed by atoms with Crippen molar-refractivity contribution in [3.63, 3.8) is 0 Å². The van der Waals surface area contributed by atoms with Crippen LogP contribution in [-0.4, -0.2) is 22.7 Å². The number of nitrogens with one attached hydrogen (secondary N) is 1. The zero-order valence-electron chi connectivity index (χ0n) is 11.9. The summed E-state index contributed by atoms with van der Waals surface area (Å²) < 4.78 is 5.66. The van der Waals surface area contributed by atoms with Gasteiger partial charge in [0.15, 0.2) is 5.76 Å². The lowest BCUT2D eigenvalue weighted by Gasteiger charge is -2.08. The summed E-state index contributed by atoms with van der Waals surface area (Å²) in [6.45, 7) is 4.54. The number of amides is 1. The van der Waals surface area contributed by atoms with Crippen molar-refractivity contribution >= 4 is 29.3 Å². The van der Waals surface area contributed by atoms with Gasteiger partial charge in [-0.3, -0.25) is 4.79 Å². The number of aromatic nitrogens is 1. The van der Waals surface area contributed by atoms with Gasteiger partial charge in [-0.15, -0.1) is 0 Å². The molecule has 0 saturated carbocycles. The summed E-state index contributed by atoms with van der Waals surface area (Å²) in [5.74, 6) is 0.656. The molecule has 1 aromatic heterocycles. The van der Waals surface area contributed by atoms with Crippen molar-refractivity contribution in [2.45, 2.75) is 30.7 Å². The summed E-state index contributed by atoms with van der Waals surface area (Å²) in [6.07, 6.45) is 2.57. The first-order valence-corrected chi connectivity index (χ1v) is 8.02. The quantitative estimate of drug-likeness (QED) is 0.816. The minimum absolute atomic E-state index is 0.00640. The van der Waals surface area contributed by atoms with Crippen molar-refractivity contribution < 1.29 is 9.21 Å². The Hall–Kier alpha value is -1.46. The molecule has 112 valence electrons. The molecule has 6 heteroatoms. The number of hydrogen-bond acceptors (Lipinski definition) is 4. The van der Waals surface area contributed by atoms with E-state index in [-0.39, 0.29) is 11.2 Å². The van der Waals surface area contributed by atoms with Crippen molar-refractivity contribution in [1.82, 2.24) is 10.3 Å². The molecule has 1 unspecified atom stereocenters. The molecule has 0 aliphatic carbocycles. The smallest absolute Gasteiger partial charge is 0.256 e. The second-order valence-corrected chi connectivity index (χ2v) is 6.28. The Morgan fingerprint density at radius 1 is 1.43 bits per heavy atom. The van der Waals surface area contributed by atoms with E-state index in [1.54, 1.807) is 18.3 Å². The summed E-state index contributed by atoms with van der Waals surface area (Å²) in [5, 5.41) is 3.77. The average molecular weight is 325 g/mol. The van der Waals surface area contributed by atoms with E-state index < -0.39 is 0 Å². The Bertz CT molecular complexity index is 598. The summed E-state index contributed by atoms with van der Waals surface area (Å²) in [6, 6.07) is 7.34. The molecular formula is C15H17ClN2O2S. The van der Waals surface area contributed by atoms with Gasteiger partial charge in [0.25, 0.3) is 5.22 Å². The molecule has 1 atom stereocenters. The number of thioether (sulfide) groups is 1. The molecule has 21 heavy (non-hydrogen) atoms. The average Bonchev–Trinajstić information content (AvgIpc) is 2.93. The number of hydrogen-bond donors (Lipinski definition) is 1. The molecule has 4 nitrogen and oxygen atoms in total. The fourth-order valence-corrected chi connectivity index (χ4v) is 2.53. The maximum atomic E-state index is 11.8. The predicted molar refractivity (Wildman–Crippen MR) is 85.6 cm³/mol. The maximum Gasteiger partial charge on any atom is 0.256 e. The Balaban J connectivity index is 2.00. The lowest BCUT2D eigenvalue weighted by atomic mass is 10.2. The highest BCUT2D eigenvalue weighted by Crippen LogP contribution is 2.28. The third kappa shape index (κ3) is 4.51. The highest BCUT2D eigenvalue weighted by Gasteiger charge is 2.17. The van der Waals surface area contributed by atoms with Crippen molar-refractivity contribution in [3.8, 4) is 11.3 Å². The van der Waals surface area contributed by atoms with Crippen LogP contribution in [0.2, 0.25) is 5.02 Å². The van der Waals surface area contributed by atoms with E-state index in [1.807, 2.05) is 26.0 Å². The van der Waals surface area contributed by atoms with Crippen LogP contribution >= 0.6 is 23.4 Å². The molecule has 1 amide bonds. The van der Waals surface area contributed by atoms with Gasteiger partial charge in [0.05, 0.1) is 11.4 Å². The molecule has 0 radical (unpaired) electrons. The largest absolute Gasteiger partial charge is 0.431 e. The molecular weight excluding hydrogens is 308 g/mol. The summed E-state index contributed by atoms with van der Waals surface area (Å²) >= 11 is 7.16. The normalized spacial score (nSPS) is 12.1. The molecule has 1 heterocycles. The van der Waals surface area contributed by atoms with Gasteiger partial charge in [-0.05, 0) is 37.6 Å². The maximum absolute atomic E-state index is 11.8. The van der Waals surface area contributed by atoms with Gasteiger partial charge < -0.3 is 9.73 Å². The van der Waals surface area contributed by atoms with Gasteiger partial charge >= 0.3 is 0 Å². The standard InChI is InChI=1S/C15H17ClN2O2S/c1-3-8-17-14(19)10(2)21-15-18-9-13(20-15)11-4-6-12(16)7-5-11/h4-7,9-10H,3,8H2,1-2H3,(H,17,19). The first-order chi connectivity index (χ1) is 10.1. The van der Waals surface area contributed by atoms with E-state index in [9.17, 15) is 4.79 Å². The minimum atomic E-state index is -0.242. The molecule has 1 N–H and O–H groups in total. The first-order valence-electron chi connectivity index (χ1n) is 6.76. The van der Waals surface area contributed by atoms with Crippen LogP contribution in [0.5, 0.6) is 0 Å². The number of benzene rings is 1. The lowest BCUT2D eigenvalue weighted by Crippen LogP contribution is -2.31. The fraction of sp³-hybridized carbons (Fsp3) is 0.333. The number of rotatable bonds is 6. The number of carbonyl (C=O) groups excluding carboxylic acids is 1. The Morgan fingerprint density at radius 3 is 2.81 bits per heavy atom. The molecule has 0 aliphatic heterocycles. The molecule has 0 aliphatic rings. The summed E-state index contributed by atoms with van der Waals surface area (Å²) in [5.41, 5.74) is 0.904. The second-order valence-electron chi connectivity index (χ2n) is 4.55. The Kier molecular flexibility index (Phi) is 5.70. The second kappa shape index (κ2) is 7.52. The third-order valence-electron chi connectivity index (χ3n) is 2.81. The van der Waals surface area contributed by atoms with Crippen molar-refractivity contribution in [1.29, 1.82) is 0 Å².